The normalized spacial score (nSPS) is 17.6. The molecule has 0 radical (unpaired) electrons. The molecule has 4 aromatic rings. The monoisotopic (exact) mass is 573 g/mol. The summed E-state index contributed by atoms with van der Waals surface area (Å²) in [5.41, 5.74) is 6.21. The molecule has 5 nitrogen and oxygen atoms in total. The van der Waals surface area contributed by atoms with Gasteiger partial charge in [0, 0.05) is 32.4 Å². The second kappa shape index (κ2) is 12.3. The van der Waals surface area contributed by atoms with Gasteiger partial charge in [0.2, 0.25) is 0 Å². The molecule has 3 aliphatic heterocycles. The van der Waals surface area contributed by atoms with E-state index < -0.39 is 5.41 Å². The van der Waals surface area contributed by atoms with Crippen molar-refractivity contribution in [1.82, 2.24) is 4.90 Å². The van der Waals surface area contributed by atoms with Gasteiger partial charge in [-0.1, -0.05) is 84.9 Å². The Hall–Kier alpha value is -4.09. The highest BCUT2D eigenvalue weighted by Gasteiger charge is 2.51. The fraction of sp³-hybridized carbons (Fsp3) is 0.342. The van der Waals surface area contributed by atoms with Crippen LogP contribution in [-0.2, 0) is 40.6 Å². The third-order valence-corrected chi connectivity index (χ3v) is 9.51. The Morgan fingerprint density at radius 3 is 1.95 bits per heavy atom. The van der Waals surface area contributed by atoms with Crippen molar-refractivity contribution >= 4 is 5.97 Å². The van der Waals surface area contributed by atoms with Gasteiger partial charge in [0.25, 0.3) is 0 Å². The summed E-state index contributed by atoms with van der Waals surface area (Å²) in [4.78, 5) is 17.1. The maximum atomic E-state index is 14.6. The molecule has 0 bridgehead atoms. The van der Waals surface area contributed by atoms with Crippen molar-refractivity contribution in [3.63, 3.8) is 0 Å². The van der Waals surface area contributed by atoms with Crippen LogP contribution in [0.15, 0.2) is 97.1 Å². The average molecular weight is 574 g/mol. The van der Waals surface area contributed by atoms with Crippen molar-refractivity contribution in [2.45, 2.75) is 37.5 Å². The molecule has 1 saturated heterocycles. The Morgan fingerprint density at radius 1 is 0.767 bits per heavy atom. The van der Waals surface area contributed by atoms with Crippen LogP contribution in [0.5, 0.6) is 11.5 Å². The molecule has 0 spiro atoms. The van der Waals surface area contributed by atoms with Crippen LogP contribution in [0.25, 0.3) is 0 Å². The molecule has 5 heteroatoms. The van der Waals surface area contributed by atoms with E-state index in [1.807, 2.05) is 42.5 Å². The van der Waals surface area contributed by atoms with E-state index >= 15 is 0 Å². The average Bonchev–Trinajstić information content (AvgIpc) is 3.83. The number of ether oxygens (including phenoxy) is 3. The van der Waals surface area contributed by atoms with E-state index in [2.05, 4.69) is 59.5 Å². The van der Waals surface area contributed by atoms with Crippen molar-refractivity contribution in [3.8, 4) is 11.5 Å². The Bertz CT molecular complexity index is 1530. The van der Waals surface area contributed by atoms with Gasteiger partial charge in [-0.05, 0) is 70.8 Å². The summed E-state index contributed by atoms with van der Waals surface area (Å²) < 4.78 is 17.6. The lowest BCUT2D eigenvalue weighted by atomic mass is 9.65. The molecular formula is C38H39NO4. The zero-order valence-electron chi connectivity index (χ0n) is 24.7. The molecule has 3 heterocycles. The minimum atomic E-state index is -0.881. The first kappa shape index (κ1) is 27.7. The molecule has 7 rings (SSSR count). The molecule has 0 unspecified atom stereocenters. The number of carbonyl (C=O) groups is 1. The van der Waals surface area contributed by atoms with Gasteiger partial charge in [0.05, 0.1) is 19.8 Å². The fourth-order valence-corrected chi connectivity index (χ4v) is 7.29. The molecule has 43 heavy (non-hydrogen) atoms. The van der Waals surface area contributed by atoms with Crippen LogP contribution in [0.2, 0.25) is 0 Å². The predicted molar refractivity (Wildman–Crippen MR) is 168 cm³/mol. The second-order valence-electron chi connectivity index (χ2n) is 12.0. The third kappa shape index (κ3) is 5.54. The van der Waals surface area contributed by atoms with Crippen LogP contribution in [0, 0.1) is 5.92 Å². The SMILES string of the molecule is O=C(OCCc1ccc2c(c1)CCO2)C(c1ccccc1)(c1ccccc1)[C@@H]1CCN(CCc2ccc3c(c2)CCO3)C1. The molecular weight excluding hydrogens is 534 g/mol. The molecule has 1 fully saturated rings. The lowest BCUT2D eigenvalue weighted by Gasteiger charge is -2.38. The Labute approximate surface area is 254 Å². The molecule has 4 aromatic carbocycles. The number of rotatable bonds is 10. The number of benzene rings is 4. The highest BCUT2D eigenvalue weighted by atomic mass is 16.5. The molecule has 0 aliphatic carbocycles. The van der Waals surface area contributed by atoms with Crippen molar-refractivity contribution in [2.24, 2.45) is 5.92 Å². The first-order valence-corrected chi connectivity index (χ1v) is 15.7. The van der Waals surface area contributed by atoms with Gasteiger partial charge in [-0.3, -0.25) is 4.79 Å². The lowest BCUT2D eigenvalue weighted by Crippen LogP contribution is -2.47. The Balaban J connectivity index is 1.12. The third-order valence-electron chi connectivity index (χ3n) is 9.51. The second-order valence-corrected chi connectivity index (χ2v) is 12.0. The first-order valence-electron chi connectivity index (χ1n) is 15.7. The number of carbonyl (C=O) groups excluding carboxylic acids is 1. The number of hydrogen-bond donors (Lipinski definition) is 0. The number of fused-ring (bicyclic) bond motifs is 2. The summed E-state index contributed by atoms with van der Waals surface area (Å²) in [5, 5.41) is 0. The van der Waals surface area contributed by atoms with Gasteiger partial charge in [0.1, 0.15) is 16.9 Å². The van der Waals surface area contributed by atoms with Crippen molar-refractivity contribution < 1.29 is 19.0 Å². The van der Waals surface area contributed by atoms with Gasteiger partial charge in [-0.15, -0.1) is 0 Å². The first-order chi connectivity index (χ1) is 21.2. The highest BCUT2D eigenvalue weighted by molar-refractivity contribution is 5.88. The van der Waals surface area contributed by atoms with Crippen LogP contribution in [0.4, 0.5) is 0 Å². The van der Waals surface area contributed by atoms with Crippen molar-refractivity contribution in [1.29, 1.82) is 0 Å². The molecule has 220 valence electrons. The fourth-order valence-electron chi connectivity index (χ4n) is 7.29. The number of esters is 1. The molecule has 0 aromatic heterocycles. The van der Waals surface area contributed by atoms with Gasteiger partial charge in [-0.25, -0.2) is 0 Å². The molecule has 0 amide bonds. The Kier molecular flexibility index (Phi) is 7.90. The summed E-state index contributed by atoms with van der Waals surface area (Å²) in [7, 11) is 0. The Morgan fingerprint density at radius 2 is 1.35 bits per heavy atom. The summed E-state index contributed by atoms with van der Waals surface area (Å²) in [5.74, 6) is 1.95. The summed E-state index contributed by atoms with van der Waals surface area (Å²) >= 11 is 0. The maximum absolute atomic E-state index is 14.6. The van der Waals surface area contributed by atoms with Gasteiger partial charge >= 0.3 is 5.97 Å². The minimum Gasteiger partial charge on any atom is -0.493 e. The van der Waals surface area contributed by atoms with E-state index in [0.29, 0.717) is 13.0 Å². The van der Waals surface area contributed by atoms with E-state index in [1.165, 1.54) is 22.3 Å². The van der Waals surface area contributed by atoms with E-state index in [4.69, 9.17) is 14.2 Å². The molecule has 0 N–H and O–H groups in total. The number of likely N-dealkylation sites (tertiary alicyclic amines) is 1. The largest absolute Gasteiger partial charge is 0.493 e. The molecule has 3 aliphatic rings. The molecule has 1 atom stereocenters. The smallest absolute Gasteiger partial charge is 0.321 e. The van der Waals surface area contributed by atoms with Gasteiger partial charge in [0.15, 0.2) is 0 Å². The summed E-state index contributed by atoms with van der Waals surface area (Å²) in [6, 6.07) is 33.5. The topological polar surface area (TPSA) is 48.0 Å². The minimum absolute atomic E-state index is 0.0929. The lowest BCUT2D eigenvalue weighted by molar-refractivity contribution is -0.151. The van der Waals surface area contributed by atoms with Crippen LogP contribution in [-0.4, -0.2) is 50.3 Å². The zero-order chi connectivity index (χ0) is 29.1. The van der Waals surface area contributed by atoms with E-state index in [0.717, 1.165) is 81.2 Å². The number of hydrogen-bond acceptors (Lipinski definition) is 5. The van der Waals surface area contributed by atoms with Crippen molar-refractivity contribution in [2.75, 3.05) is 39.5 Å². The van der Waals surface area contributed by atoms with Crippen LogP contribution >= 0.6 is 0 Å². The van der Waals surface area contributed by atoms with Crippen molar-refractivity contribution in [3.05, 3.63) is 130 Å². The summed E-state index contributed by atoms with van der Waals surface area (Å²) in [6.45, 7) is 4.64. The van der Waals surface area contributed by atoms with Gasteiger partial charge < -0.3 is 19.1 Å². The maximum Gasteiger partial charge on any atom is 0.321 e. The van der Waals surface area contributed by atoms with Crippen LogP contribution in [0.1, 0.15) is 39.8 Å². The van der Waals surface area contributed by atoms with Crippen LogP contribution in [0.3, 0.4) is 0 Å². The summed E-state index contributed by atoms with van der Waals surface area (Å²) in [6.07, 6.45) is 4.53. The standard InChI is InChI=1S/C38H39NO4/c40-37(43-22-17-29-12-14-36-31(26-29)19-24-42-36)38(32-7-3-1-4-8-32,33-9-5-2-6-10-33)34-16-21-39(27-34)20-15-28-11-13-35-30(25-28)18-23-41-35/h1-14,25-26,34H,15-24,27H2/t34-/m1/s1. The van der Waals surface area contributed by atoms with E-state index in [-0.39, 0.29) is 11.9 Å². The molecule has 0 saturated carbocycles. The zero-order valence-corrected chi connectivity index (χ0v) is 24.7. The van der Waals surface area contributed by atoms with E-state index in [1.54, 1.807) is 0 Å². The predicted octanol–water partition coefficient (Wildman–Crippen LogP) is 6.19. The van der Waals surface area contributed by atoms with Gasteiger partial charge in [-0.2, -0.15) is 0 Å². The highest BCUT2D eigenvalue weighted by Crippen LogP contribution is 2.45. The number of nitrogens with zero attached hydrogens (tertiary/aromatic N) is 1. The van der Waals surface area contributed by atoms with E-state index in [9.17, 15) is 4.79 Å². The quantitative estimate of drug-likeness (QED) is 0.212. The van der Waals surface area contributed by atoms with Crippen LogP contribution < -0.4 is 9.47 Å².